The van der Waals surface area contributed by atoms with E-state index in [1.54, 1.807) is 0 Å². The molecule has 0 radical (unpaired) electrons. The Morgan fingerprint density at radius 3 is 2.34 bits per heavy atom. The standard InChI is InChI=1S/C24H19BrClNO2/c25-22-14-16(11-12-23(22)26)6-5-13-27-24(28)29-15-21-19-9-3-1-7-17(19)18-8-2-4-10-20(18)21/h1-12,14,21H,13,15H2,(H,27,28). The number of halogens is 2. The minimum Gasteiger partial charge on any atom is -0.449 e. The zero-order valence-corrected chi connectivity index (χ0v) is 17.9. The van der Waals surface area contributed by atoms with Crippen molar-refractivity contribution in [3.63, 3.8) is 0 Å². The Balaban J connectivity index is 1.33. The van der Waals surface area contributed by atoms with E-state index < -0.39 is 6.09 Å². The molecular weight excluding hydrogens is 450 g/mol. The molecule has 4 rings (SSSR count). The molecule has 3 nitrogen and oxygen atoms in total. The van der Waals surface area contributed by atoms with Gasteiger partial charge in [0.2, 0.25) is 0 Å². The third-order valence-electron chi connectivity index (χ3n) is 4.96. The monoisotopic (exact) mass is 467 g/mol. The van der Waals surface area contributed by atoms with Crippen molar-refractivity contribution in [2.24, 2.45) is 0 Å². The Labute approximate surface area is 183 Å². The molecule has 0 bridgehead atoms. The lowest BCUT2D eigenvalue weighted by Gasteiger charge is -2.14. The van der Waals surface area contributed by atoms with Gasteiger partial charge >= 0.3 is 6.09 Å². The van der Waals surface area contributed by atoms with Crippen LogP contribution in [-0.2, 0) is 4.74 Å². The maximum absolute atomic E-state index is 12.1. The number of benzene rings is 3. The second kappa shape index (κ2) is 8.85. The molecule has 5 heteroatoms. The van der Waals surface area contributed by atoms with Crippen molar-refractivity contribution in [2.45, 2.75) is 5.92 Å². The van der Waals surface area contributed by atoms with Gasteiger partial charge in [-0.25, -0.2) is 4.79 Å². The summed E-state index contributed by atoms with van der Waals surface area (Å²) in [5.74, 6) is 0.0649. The normalized spacial score (nSPS) is 12.6. The van der Waals surface area contributed by atoms with Crippen LogP contribution < -0.4 is 5.32 Å². The van der Waals surface area contributed by atoms with Crippen LogP contribution in [-0.4, -0.2) is 19.2 Å². The number of alkyl carbamates (subject to hydrolysis) is 1. The third-order valence-corrected chi connectivity index (χ3v) is 6.18. The average Bonchev–Trinajstić information content (AvgIpc) is 3.06. The van der Waals surface area contributed by atoms with Crippen molar-refractivity contribution in [1.82, 2.24) is 5.32 Å². The van der Waals surface area contributed by atoms with Crippen LogP contribution in [0.25, 0.3) is 17.2 Å². The van der Waals surface area contributed by atoms with E-state index in [1.807, 2.05) is 54.6 Å². The second-order valence-electron chi connectivity index (χ2n) is 6.78. The van der Waals surface area contributed by atoms with Gasteiger partial charge in [-0.3, -0.25) is 0 Å². The first kappa shape index (κ1) is 19.7. The lowest BCUT2D eigenvalue weighted by molar-refractivity contribution is 0.144. The highest BCUT2D eigenvalue weighted by molar-refractivity contribution is 9.10. The first-order valence-electron chi connectivity index (χ1n) is 9.34. The largest absolute Gasteiger partial charge is 0.449 e. The van der Waals surface area contributed by atoms with Crippen LogP contribution in [0.5, 0.6) is 0 Å². The zero-order valence-electron chi connectivity index (χ0n) is 15.6. The summed E-state index contributed by atoms with van der Waals surface area (Å²) in [6, 6.07) is 22.2. The average molecular weight is 469 g/mol. The third kappa shape index (κ3) is 4.39. The molecule has 1 aliphatic carbocycles. The van der Waals surface area contributed by atoms with Gasteiger partial charge in [0.25, 0.3) is 0 Å². The molecule has 3 aromatic rings. The summed E-state index contributed by atoms with van der Waals surface area (Å²) in [5.41, 5.74) is 5.84. The molecule has 29 heavy (non-hydrogen) atoms. The van der Waals surface area contributed by atoms with E-state index in [4.69, 9.17) is 16.3 Å². The number of fused-ring (bicyclic) bond motifs is 3. The number of rotatable bonds is 5. The van der Waals surface area contributed by atoms with Gasteiger partial charge in [0.05, 0.1) is 5.02 Å². The summed E-state index contributed by atoms with van der Waals surface area (Å²) in [6.07, 6.45) is 3.37. The summed E-state index contributed by atoms with van der Waals surface area (Å²) in [7, 11) is 0. The quantitative estimate of drug-likeness (QED) is 0.455. The number of carbonyl (C=O) groups excluding carboxylic acids is 1. The predicted molar refractivity (Wildman–Crippen MR) is 121 cm³/mol. The Hall–Kier alpha value is -2.56. The molecule has 0 fully saturated rings. The van der Waals surface area contributed by atoms with E-state index in [9.17, 15) is 4.79 Å². The van der Waals surface area contributed by atoms with E-state index in [-0.39, 0.29) is 5.92 Å². The molecule has 0 spiro atoms. The summed E-state index contributed by atoms with van der Waals surface area (Å²) in [4.78, 5) is 12.1. The van der Waals surface area contributed by atoms with Crippen LogP contribution in [0.3, 0.4) is 0 Å². The second-order valence-corrected chi connectivity index (χ2v) is 8.04. The molecule has 0 heterocycles. The molecule has 0 unspecified atom stereocenters. The predicted octanol–water partition coefficient (Wildman–Crippen LogP) is 6.65. The SMILES string of the molecule is O=C(NCC=Cc1ccc(Cl)c(Br)c1)OCC1c2ccccc2-c2ccccc21. The Morgan fingerprint density at radius 2 is 1.69 bits per heavy atom. The van der Waals surface area contributed by atoms with Crippen molar-refractivity contribution in [1.29, 1.82) is 0 Å². The molecular formula is C24H19BrClNO2. The fourth-order valence-electron chi connectivity index (χ4n) is 3.60. The van der Waals surface area contributed by atoms with Gasteiger partial charge in [0, 0.05) is 16.9 Å². The summed E-state index contributed by atoms with van der Waals surface area (Å²) >= 11 is 9.39. The van der Waals surface area contributed by atoms with Gasteiger partial charge in [0.15, 0.2) is 0 Å². The van der Waals surface area contributed by atoms with E-state index in [1.165, 1.54) is 22.3 Å². The van der Waals surface area contributed by atoms with Crippen molar-refractivity contribution in [3.8, 4) is 11.1 Å². The molecule has 1 N–H and O–H groups in total. The van der Waals surface area contributed by atoms with Crippen LogP contribution in [0.2, 0.25) is 5.02 Å². The van der Waals surface area contributed by atoms with Gasteiger partial charge < -0.3 is 10.1 Å². The molecule has 1 amide bonds. The van der Waals surface area contributed by atoms with E-state index >= 15 is 0 Å². The van der Waals surface area contributed by atoms with Crippen LogP contribution in [0.15, 0.2) is 77.3 Å². The number of amides is 1. The molecule has 0 saturated carbocycles. The lowest BCUT2D eigenvalue weighted by atomic mass is 9.98. The van der Waals surface area contributed by atoms with E-state index in [0.717, 1.165) is 10.0 Å². The molecule has 0 saturated heterocycles. The number of ether oxygens (including phenoxy) is 1. The maximum atomic E-state index is 12.1. The van der Waals surface area contributed by atoms with E-state index in [2.05, 4.69) is 45.5 Å². The topological polar surface area (TPSA) is 38.3 Å². The van der Waals surface area contributed by atoms with Gasteiger partial charge in [-0.1, -0.05) is 78.4 Å². The van der Waals surface area contributed by atoms with Gasteiger partial charge in [-0.15, -0.1) is 0 Å². The van der Waals surface area contributed by atoms with Crippen LogP contribution in [0.4, 0.5) is 4.79 Å². The highest BCUT2D eigenvalue weighted by Crippen LogP contribution is 2.44. The van der Waals surface area contributed by atoms with Crippen molar-refractivity contribution < 1.29 is 9.53 Å². The molecule has 3 aromatic carbocycles. The number of nitrogens with one attached hydrogen (secondary N) is 1. The van der Waals surface area contributed by atoms with Crippen LogP contribution in [0.1, 0.15) is 22.6 Å². The number of carbonyl (C=O) groups is 1. The van der Waals surface area contributed by atoms with E-state index in [0.29, 0.717) is 18.2 Å². The summed E-state index contributed by atoms with van der Waals surface area (Å²) in [6.45, 7) is 0.699. The minimum atomic E-state index is -0.422. The molecule has 0 aliphatic heterocycles. The number of hydrogen-bond donors (Lipinski definition) is 1. The van der Waals surface area contributed by atoms with Gasteiger partial charge in [-0.05, 0) is 55.9 Å². The van der Waals surface area contributed by atoms with Crippen molar-refractivity contribution >= 4 is 39.7 Å². The summed E-state index contributed by atoms with van der Waals surface area (Å²) in [5, 5.41) is 3.43. The van der Waals surface area contributed by atoms with Gasteiger partial charge in [0.1, 0.15) is 6.61 Å². The van der Waals surface area contributed by atoms with Crippen molar-refractivity contribution in [2.75, 3.05) is 13.2 Å². The fraction of sp³-hybridized carbons (Fsp3) is 0.125. The van der Waals surface area contributed by atoms with Crippen molar-refractivity contribution in [3.05, 3.63) is 99.0 Å². The number of hydrogen-bond acceptors (Lipinski definition) is 2. The zero-order chi connectivity index (χ0) is 20.2. The Bertz CT molecular complexity index is 1030. The molecule has 0 aromatic heterocycles. The first-order chi connectivity index (χ1) is 14.1. The Kier molecular flexibility index (Phi) is 6.02. The Morgan fingerprint density at radius 1 is 1.03 bits per heavy atom. The maximum Gasteiger partial charge on any atom is 0.407 e. The fourth-order valence-corrected chi connectivity index (χ4v) is 4.12. The highest BCUT2D eigenvalue weighted by Gasteiger charge is 2.28. The summed E-state index contributed by atoms with van der Waals surface area (Å²) < 4.78 is 6.36. The molecule has 0 atom stereocenters. The highest BCUT2D eigenvalue weighted by atomic mass is 79.9. The lowest BCUT2D eigenvalue weighted by Crippen LogP contribution is -2.26. The molecule has 1 aliphatic rings. The smallest absolute Gasteiger partial charge is 0.407 e. The first-order valence-corrected chi connectivity index (χ1v) is 10.5. The van der Waals surface area contributed by atoms with Gasteiger partial charge in [-0.2, -0.15) is 0 Å². The minimum absolute atomic E-state index is 0.0649. The van der Waals surface area contributed by atoms with Crippen LogP contribution in [0, 0.1) is 0 Å². The van der Waals surface area contributed by atoms with Crippen LogP contribution >= 0.6 is 27.5 Å². The molecule has 146 valence electrons.